The number of nitriles is 1. The summed E-state index contributed by atoms with van der Waals surface area (Å²) in [7, 11) is 1.38. The van der Waals surface area contributed by atoms with Crippen LogP contribution in [-0.4, -0.2) is 57.1 Å². The molecule has 0 aliphatic carbocycles. The molecule has 1 aromatic carbocycles. The van der Waals surface area contributed by atoms with Gasteiger partial charge in [-0.05, 0) is 18.1 Å². The van der Waals surface area contributed by atoms with E-state index in [1.54, 1.807) is 24.3 Å². The molecule has 1 aliphatic rings. The van der Waals surface area contributed by atoms with Crippen molar-refractivity contribution in [1.29, 1.82) is 5.26 Å². The number of pyridine rings is 1. The number of fused-ring (bicyclic) bond motifs is 1. The van der Waals surface area contributed by atoms with E-state index in [1.807, 2.05) is 6.07 Å². The molecule has 176 valence electrons. The third-order valence-electron chi connectivity index (χ3n) is 5.29. The molecule has 0 saturated carbocycles. The summed E-state index contributed by atoms with van der Waals surface area (Å²) < 4.78 is 43.0. The number of amides is 1. The molecule has 0 spiro atoms. The average Bonchev–Trinajstić information content (AvgIpc) is 3.11. The third-order valence-corrected chi connectivity index (χ3v) is 5.29. The molecule has 2 aromatic heterocycles. The summed E-state index contributed by atoms with van der Waals surface area (Å²) in [6.45, 7) is 0.0732. The van der Waals surface area contributed by atoms with E-state index < -0.39 is 23.7 Å². The number of benzene rings is 1. The molecule has 1 atom stereocenters. The number of esters is 1. The van der Waals surface area contributed by atoms with Crippen LogP contribution in [0.25, 0.3) is 22.3 Å². The van der Waals surface area contributed by atoms with Crippen molar-refractivity contribution in [1.82, 2.24) is 19.9 Å². The maximum Gasteiger partial charge on any atom is 0.490 e. The van der Waals surface area contributed by atoms with Crippen LogP contribution in [0.3, 0.4) is 0 Å². The molecule has 1 amide bonds. The molecular formula is C23H15F3N6O3. The van der Waals surface area contributed by atoms with Gasteiger partial charge in [0.15, 0.2) is 5.82 Å². The standard InChI is InChI=1S/C23H15F3N6O3/c1-32-8-7-22(20(32)33,35-21(34)23(24,25)26)6-5-13-3-2-4-14(9-13)19-30-12-16-15(10-27)11-29-18(28)17(16)31-19/h2-4,9,11-12H,7-8H2,1H3,(H2,28,29)/t22-/m0/s1. The molecular weight excluding hydrogens is 465 g/mol. The maximum atomic E-state index is 12.8. The number of carbonyl (C=O) groups excluding carboxylic acids is 2. The van der Waals surface area contributed by atoms with Crippen molar-refractivity contribution in [2.45, 2.75) is 18.2 Å². The number of carbonyl (C=O) groups is 2. The first kappa shape index (κ1) is 23.4. The average molecular weight is 480 g/mol. The van der Waals surface area contributed by atoms with Crippen LogP contribution in [0.2, 0.25) is 0 Å². The highest BCUT2D eigenvalue weighted by atomic mass is 19.4. The third kappa shape index (κ3) is 4.42. The molecule has 4 rings (SSSR count). The van der Waals surface area contributed by atoms with E-state index in [2.05, 4.69) is 31.5 Å². The van der Waals surface area contributed by atoms with Crippen molar-refractivity contribution in [2.24, 2.45) is 0 Å². The van der Waals surface area contributed by atoms with Gasteiger partial charge in [-0.15, -0.1) is 0 Å². The Morgan fingerprint density at radius 1 is 1.29 bits per heavy atom. The normalized spacial score (nSPS) is 17.6. The van der Waals surface area contributed by atoms with E-state index in [0.29, 0.717) is 16.5 Å². The molecule has 0 unspecified atom stereocenters. The first-order chi connectivity index (χ1) is 16.5. The van der Waals surface area contributed by atoms with Crippen molar-refractivity contribution >= 4 is 28.6 Å². The van der Waals surface area contributed by atoms with Gasteiger partial charge >= 0.3 is 12.1 Å². The van der Waals surface area contributed by atoms with Crippen LogP contribution < -0.4 is 5.73 Å². The molecule has 2 N–H and O–H groups in total. The Hall–Kier alpha value is -4.71. The zero-order valence-electron chi connectivity index (χ0n) is 18.1. The van der Waals surface area contributed by atoms with Crippen LogP contribution in [0.4, 0.5) is 19.0 Å². The molecule has 3 heterocycles. The van der Waals surface area contributed by atoms with Gasteiger partial charge in [-0.25, -0.2) is 19.7 Å². The first-order valence-electron chi connectivity index (χ1n) is 10.0. The number of likely N-dealkylation sites (tertiary alicyclic amines) is 1. The summed E-state index contributed by atoms with van der Waals surface area (Å²) in [4.78, 5) is 37.7. The second-order valence-electron chi connectivity index (χ2n) is 7.65. The Bertz CT molecular complexity index is 1470. The molecule has 1 aliphatic heterocycles. The highest BCUT2D eigenvalue weighted by Crippen LogP contribution is 2.30. The highest BCUT2D eigenvalue weighted by Gasteiger charge is 2.53. The van der Waals surface area contributed by atoms with Crippen molar-refractivity contribution in [3.63, 3.8) is 0 Å². The molecule has 1 saturated heterocycles. The number of likely N-dealkylation sites (N-methyl/N-ethyl adjacent to an activating group) is 1. The lowest BCUT2D eigenvalue weighted by molar-refractivity contribution is -0.209. The van der Waals surface area contributed by atoms with Gasteiger partial charge in [-0.2, -0.15) is 18.4 Å². The van der Waals surface area contributed by atoms with Crippen molar-refractivity contribution in [3.8, 4) is 29.3 Å². The van der Waals surface area contributed by atoms with Crippen LogP contribution in [0.15, 0.2) is 36.7 Å². The zero-order valence-corrected chi connectivity index (χ0v) is 18.1. The number of halogens is 3. The SMILES string of the molecule is CN1CC[C@](C#Cc2cccc(-c3ncc4c(C#N)cnc(N)c4n3)c2)(OC(=O)C(F)(F)F)C1=O. The van der Waals surface area contributed by atoms with Gasteiger partial charge in [0.05, 0.1) is 5.56 Å². The largest absolute Gasteiger partial charge is 0.490 e. The number of hydrogen-bond donors (Lipinski definition) is 1. The Morgan fingerprint density at radius 2 is 2.06 bits per heavy atom. The summed E-state index contributed by atoms with van der Waals surface area (Å²) >= 11 is 0. The van der Waals surface area contributed by atoms with Crippen molar-refractivity contribution < 1.29 is 27.5 Å². The van der Waals surface area contributed by atoms with Crippen LogP contribution in [0.5, 0.6) is 0 Å². The number of anilines is 1. The zero-order chi connectivity index (χ0) is 25.4. The van der Waals surface area contributed by atoms with Crippen LogP contribution in [-0.2, 0) is 14.3 Å². The lowest BCUT2D eigenvalue weighted by Crippen LogP contribution is -2.45. The molecule has 35 heavy (non-hydrogen) atoms. The number of rotatable bonds is 2. The molecule has 9 nitrogen and oxygen atoms in total. The highest BCUT2D eigenvalue weighted by molar-refractivity contribution is 5.94. The molecule has 12 heteroatoms. The van der Waals surface area contributed by atoms with E-state index in [-0.39, 0.29) is 35.7 Å². The van der Waals surface area contributed by atoms with E-state index >= 15 is 0 Å². The second-order valence-corrected chi connectivity index (χ2v) is 7.65. The van der Waals surface area contributed by atoms with Crippen LogP contribution in [0, 0.1) is 23.2 Å². The lowest BCUT2D eigenvalue weighted by atomic mass is 10.0. The van der Waals surface area contributed by atoms with E-state index in [0.717, 1.165) is 4.90 Å². The quantitative estimate of drug-likeness (QED) is 0.436. The van der Waals surface area contributed by atoms with Gasteiger partial charge in [0.2, 0.25) is 0 Å². The molecule has 0 bridgehead atoms. The van der Waals surface area contributed by atoms with Crippen LogP contribution in [0.1, 0.15) is 17.5 Å². The monoisotopic (exact) mass is 480 g/mol. The van der Waals surface area contributed by atoms with E-state index in [1.165, 1.54) is 19.4 Å². The van der Waals surface area contributed by atoms with Gasteiger partial charge in [0.25, 0.3) is 11.5 Å². The topological polar surface area (TPSA) is 135 Å². The number of hydrogen-bond acceptors (Lipinski definition) is 8. The van der Waals surface area contributed by atoms with E-state index in [4.69, 9.17) is 5.73 Å². The van der Waals surface area contributed by atoms with Gasteiger partial charge in [-0.3, -0.25) is 4.79 Å². The summed E-state index contributed by atoms with van der Waals surface area (Å²) in [6, 6.07) is 8.37. The molecule has 1 fully saturated rings. The Kier molecular flexibility index (Phi) is 5.74. The van der Waals surface area contributed by atoms with Gasteiger partial charge < -0.3 is 15.4 Å². The summed E-state index contributed by atoms with van der Waals surface area (Å²) in [5.74, 6) is 2.08. The minimum absolute atomic E-state index is 0.0732. The Morgan fingerprint density at radius 3 is 2.71 bits per heavy atom. The number of nitrogens with two attached hydrogens (primary N) is 1. The predicted molar refractivity (Wildman–Crippen MR) is 116 cm³/mol. The summed E-state index contributed by atoms with van der Waals surface area (Å²) in [6.07, 6.45) is -2.73. The minimum atomic E-state index is -5.27. The minimum Gasteiger partial charge on any atom is -0.429 e. The van der Waals surface area contributed by atoms with Crippen LogP contribution >= 0.6 is 0 Å². The fourth-order valence-electron chi connectivity index (χ4n) is 3.47. The van der Waals surface area contributed by atoms with Crippen molar-refractivity contribution in [3.05, 3.63) is 47.8 Å². The van der Waals surface area contributed by atoms with E-state index in [9.17, 15) is 28.0 Å². The number of nitrogens with zero attached hydrogens (tertiary/aromatic N) is 5. The predicted octanol–water partition coefficient (Wildman–Crippen LogP) is 2.20. The van der Waals surface area contributed by atoms with Gasteiger partial charge in [0.1, 0.15) is 17.4 Å². The Labute approximate surface area is 196 Å². The fraction of sp³-hybridized carbons (Fsp3) is 0.217. The maximum absolute atomic E-state index is 12.8. The number of alkyl halides is 3. The molecule has 0 radical (unpaired) electrons. The number of nitrogen functional groups attached to an aromatic ring is 1. The smallest absolute Gasteiger partial charge is 0.429 e. The lowest BCUT2D eigenvalue weighted by Gasteiger charge is -2.22. The summed E-state index contributed by atoms with van der Waals surface area (Å²) in [5, 5.41) is 9.66. The summed E-state index contributed by atoms with van der Waals surface area (Å²) in [5.41, 5.74) is 4.98. The number of aromatic nitrogens is 3. The molecule has 3 aromatic rings. The number of ether oxygens (including phenoxy) is 1. The second kappa shape index (κ2) is 8.57. The Balaban J connectivity index is 1.72. The van der Waals surface area contributed by atoms with Gasteiger partial charge in [-0.1, -0.05) is 18.1 Å². The first-order valence-corrected chi connectivity index (χ1v) is 10.0. The van der Waals surface area contributed by atoms with Crippen molar-refractivity contribution in [2.75, 3.05) is 19.3 Å². The van der Waals surface area contributed by atoms with Gasteiger partial charge in [0, 0.05) is 48.9 Å². The fourth-order valence-corrected chi connectivity index (χ4v) is 3.47.